The second kappa shape index (κ2) is 12.2. The van der Waals surface area contributed by atoms with Crippen molar-refractivity contribution < 1.29 is 42.7 Å². The molecule has 0 amide bonds. The normalized spacial score (nSPS) is 29.0. The molecule has 9 atom stereocenters. The highest BCUT2D eigenvalue weighted by Crippen LogP contribution is 2.51. The molecule has 0 spiro atoms. The minimum absolute atomic E-state index is 0.0199. The maximum atomic E-state index is 12.2. The van der Waals surface area contributed by atoms with Crippen LogP contribution in [0.3, 0.4) is 0 Å². The van der Waals surface area contributed by atoms with Crippen molar-refractivity contribution in [1.82, 2.24) is 39.0 Å². The van der Waals surface area contributed by atoms with Crippen LogP contribution in [-0.2, 0) is 39.4 Å². The van der Waals surface area contributed by atoms with E-state index in [0.29, 0.717) is 0 Å². The van der Waals surface area contributed by atoms with Crippen molar-refractivity contribution in [3.63, 3.8) is 0 Å². The van der Waals surface area contributed by atoms with Gasteiger partial charge in [0.1, 0.15) is 42.4 Å². The van der Waals surface area contributed by atoms with Crippen LogP contribution in [0.15, 0.2) is 23.8 Å². The summed E-state index contributed by atoms with van der Waals surface area (Å²) >= 11 is 9.05. The van der Waals surface area contributed by atoms with E-state index in [4.69, 9.17) is 46.3 Å². The summed E-state index contributed by atoms with van der Waals surface area (Å²) in [4.78, 5) is 46.0. The number of nitrogens with one attached hydrogen (secondary N) is 1. The predicted molar refractivity (Wildman–Crippen MR) is 157 cm³/mol. The Hall–Kier alpha value is -2.72. The van der Waals surface area contributed by atoms with Crippen molar-refractivity contribution in [2.75, 3.05) is 24.7 Å². The van der Waals surface area contributed by atoms with E-state index in [1.165, 1.54) is 28.1 Å². The van der Waals surface area contributed by atoms with Gasteiger partial charge >= 0.3 is 13.9 Å². The molecule has 0 aliphatic carbocycles. The molecule has 0 radical (unpaired) electrons. The summed E-state index contributed by atoms with van der Waals surface area (Å²) in [6.45, 7) is -4.96. The van der Waals surface area contributed by atoms with Crippen molar-refractivity contribution in [3.8, 4) is 0 Å². The minimum atomic E-state index is -4.10. The van der Waals surface area contributed by atoms with Crippen LogP contribution in [0.25, 0.3) is 22.3 Å². The Balaban J connectivity index is 1.20. The predicted octanol–water partition coefficient (Wildman–Crippen LogP) is -0.747. The molecule has 8 N–H and O–H groups in total. The lowest BCUT2D eigenvalue weighted by molar-refractivity contribution is -0.0563. The second-order valence-electron chi connectivity index (χ2n) is 9.70. The van der Waals surface area contributed by atoms with Crippen molar-refractivity contribution in [2.45, 2.75) is 49.4 Å². The van der Waals surface area contributed by atoms with Gasteiger partial charge in [0.05, 0.1) is 32.0 Å². The summed E-state index contributed by atoms with van der Waals surface area (Å²) in [5, 5.41) is 20.8. The molecule has 2 aliphatic rings. The summed E-state index contributed by atoms with van der Waals surface area (Å²) in [6, 6.07) is 0. The SMILES string of the molecule is Nc1nc2c(ncn2[C@@H]2O[C@H](CO)C[C@@H]2OP(O)(=S)OC[C@H]2O[C@@H](n3cnc4c(N)ncnc43)[C@@H](O)C2O[P+](=O)S)c(=O)[nH]1. The third-order valence-corrected chi connectivity index (χ3v) is 9.22. The van der Waals surface area contributed by atoms with E-state index in [-0.39, 0.29) is 47.1 Å². The lowest BCUT2D eigenvalue weighted by Gasteiger charge is -2.25. The summed E-state index contributed by atoms with van der Waals surface area (Å²) in [5.74, 6) is -0.0525. The molecule has 236 valence electrons. The van der Waals surface area contributed by atoms with E-state index >= 15 is 0 Å². The average molecular weight is 692 g/mol. The Morgan fingerprint density at radius 3 is 2.61 bits per heavy atom. The molecule has 4 aromatic rings. The summed E-state index contributed by atoms with van der Waals surface area (Å²) in [6.07, 6.45) is -3.80. The summed E-state index contributed by atoms with van der Waals surface area (Å²) in [5.41, 5.74) is 11.6. The standard InChI is InChI=1S/C20H24N10O10P2S2/c21-14-10-15(24-4-23-14)29(5-25-10)19-12(32)13(39-41(34)43)9(38-19)3-36-42(35,44)40-8-1-7(2-31)37-18(8)30-6-26-11-16(30)27-20(22)28-17(11)33/h4-9,12-13,18-19,31-32H,1-3H2,(H6-,21,22,23,24,27,28,33,34,35,43,44)/p+1/t7-,8-,9+,12-,13?,18+,19+,42?/m0/s1. The van der Waals surface area contributed by atoms with Gasteiger partial charge in [-0.05, 0) is 16.4 Å². The molecule has 44 heavy (non-hydrogen) atoms. The molecule has 2 aliphatic heterocycles. The zero-order valence-electron chi connectivity index (χ0n) is 22.1. The fourth-order valence-corrected chi connectivity index (χ4v) is 7.28. The van der Waals surface area contributed by atoms with Crippen LogP contribution in [0.2, 0.25) is 0 Å². The molecule has 0 bridgehead atoms. The fraction of sp³-hybridized carbons (Fsp3) is 0.500. The van der Waals surface area contributed by atoms with Gasteiger partial charge in [-0.2, -0.15) is 4.98 Å². The Labute approximate surface area is 257 Å². The molecular formula is C20H25N10O10P2S2+. The highest BCUT2D eigenvalue weighted by molar-refractivity contribution is 8.39. The van der Waals surface area contributed by atoms with Gasteiger partial charge in [-0.1, -0.05) is 0 Å². The number of thiol groups is 1. The van der Waals surface area contributed by atoms with E-state index in [0.717, 1.165) is 0 Å². The molecule has 0 aromatic carbocycles. The number of nitrogens with zero attached hydrogens (tertiary/aromatic N) is 7. The molecular weight excluding hydrogens is 666 g/mol. The zero-order valence-corrected chi connectivity index (χ0v) is 25.6. The van der Waals surface area contributed by atoms with Crippen LogP contribution < -0.4 is 17.0 Å². The number of hydrogen-bond acceptors (Lipinski definition) is 17. The molecule has 2 saturated heterocycles. The maximum absolute atomic E-state index is 12.2. The van der Waals surface area contributed by atoms with E-state index in [9.17, 15) is 24.5 Å². The number of ether oxygens (including phenoxy) is 2. The fourth-order valence-electron chi connectivity index (χ4n) is 5.05. The number of imidazole rings is 2. The number of hydrogen-bond donors (Lipinski definition) is 7. The van der Waals surface area contributed by atoms with Gasteiger partial charge in [0, 0.05) is 6.42 Å². The van der Waals surface area contributed by atoms with Crippen molar-refractivity contribution >= 4 is 72.1 Å². The molecule has 4 aromatic heterocycles. The first-order valence-corrected chi connectivity index (χ1v) is 17.6. The van der Waals surface area contributed by atoms with Crippen LogP contribution in [0.5, 0.6) is 0 Å². The van der Waals surface area contributed by atoms with Gasteiger partial charge in [0.15, 0.2) is 41.2 Å². The Morgan fingerprint density at radius 2 is 1.89 bits per heavy atom. The third kappa shape index (κ3) is 5.96. The molecule has 3 unspecified atom stereocenters. The number of aliphatic hydroxyl groups excluding tert-OH is 2. The Morgan fingerprint density at radius 1 is 1.16 bits per heavy atom. The third-order valence-electron chi connectivity index (χ3n) is 6.93. The first-order valence-electron chi connectivity index (χ1n) is 12.7. The van der Waals surface area contributed by atoms with Gasteiger partial charge in [-0.15, -0.1) is 4.52 Å². The van der Waals surface area contributed by atoms with Gasteiger partial charge in [0.2, 0.25) is 5.95 Å². The van der Waals surface area contributed by atoms with Crippen LogP contribution in [-0.4, -0.2) is 97.9 Å². The minimum Gasteiger partial charge on any atom is -0.394 e. The number of rotatable bonds is 10. The topological polar surface area (TPSA) is 283 Å². The molecule has 2 fully saturated rings. The summed E-state index contributed by atoms with van der Waals surface area (Å²) in [7, 11) is -2.50. The Bertz CT molecular complexity index is 1820. The lowest BCUT2D eigenvalue weighted by Crippen LogP contribution is -2.35. The highest BCUT2D eigenvalue weighted by Gasteiger charge is 2.51. The van der Waals surface area contributed by atoms with Gasteiger partial charge in [0.25, 0.3) is 5.56 Å². The van der Waals surface area contributed by atoms with Gasteiger partial charge in [-0.25, -0.2) is 19.9 Å². The van der Waals surface area contributed by atoms with Crippen molar-refractivity contribution in [3.05, 3.63) is 29.3 Å². The summed E-state index contributed by atoms with van der Waals surface area (Å²) < 4.78 is 43.2. The number of aromatic amines is 1. The molecule has 6 heterocycles. The molecule has 24 heteroatoms. The van der Waals surface area contributed by atoms with Gasteiger partial charge < -0.3 is 45.1 Å². The number of nitrogens with two attached hydrogens (primary N) is 2. The molecule has 20 nitrogen and oxygen atoms in total. The first kappa shape index (κ1) is 31.3. The zero-order chi connectivity index (χ0) is 31.3. The van der Waals surface area contributed by atoms with Crippen molar-refractivity contribution in [2.24, 2.45) is 0 Å². The monoisotopic (exact) mass is 691 g/mol. The quantitative estimate of drug-likeness (QED) is 0.0795. The second-order valence-corrected chi connectivity index (χ2v) is 14.2. The van der Waals surface area contributed by atoms with E-state index in [1.807, 2.05) is 0 Å². The van der Waals surface area contributed by atoms with Gasteiger partial charge in [-0.3, -0.25) is 18.9 Å². The van der Waals surface area contributed by atoms with Crippen LogP contribution in [0.4, 0.5) is 11.8 Å². The largest absolute Gasteiger partial charge is 0.582 e. The van der Waals surface area contributed by atoms with E-state index < -0.39 is 69.1 Å². The van der Waals surface area contributed by atoms with E-state index in [2.05, 4.69) is 42.2 Å². The van der Waals surface area contributed by atoms with Crippen molar-refractivity contribution in [1.29, 1.82) is 0 Å². The van der Waals surface area contributed by atoms with Crippen LogP contribution >= 0.6 is 26.2 Å². The number of nitrogen functional groups attached to an aromatic ring is 2. The Kier molecular flexibility index (Phi) is 8.69. The molecule has 0 saturated carbocycles. The molecule has 6 rings (SSSR count). The number of H-pyrrole nitrogens is 1. The maximum Gasteiger partial charge on any atom is 0.582 e. The smallest absolute Gasteiger partial charge is 0.394 e. The average Bonchev–Trinajstić information content (AvgIpc) is 3.73. The van der Waals surface area contributed by atoms with Crippen LogP contribution in [0.1, 0.15) is 18.9 Å². The highest BCUT2D eigenvalue weighted by atomic mass is 32.7. The number of aliphatic hydroxyl groups is 2. The number of fused-ring (bicyclic) bond motifs is 2. The van der Waals surface area contributed by atoms with Crippen LogP contribution in [0, 0.1) is 0 Å². The number of anilines is 2. The van der Waals surface area contributed by atoms with E-state index in [1.54, 1.807) is 0 Å². The first-order chi connectivity index (χ1) is 21.0. The number of aromatic nitrogens is 8. The lowest BCUT2D eigenvalue weighted by atomic mass is 10.1.